The van der Waals surface area contributed by atoms with E-state index in [9.17, 15) is 18.0 Å². The molecule has 9 heteroatoms. The molecule has 2 aliphatic heterocycles. The van der Waals surface area contributed by atoms with E-state index in [0.29, 0.717) is 49.0 Å². The number of rotatable bonds is 1. The Labute approximate surface area is 200 Å². The highest BCUT2D eigenvalue weighted by molar-refractivity contribution is 6.04. The third kappa shape index (κ3) is 4.80. The molecule has 1 saturated heterocycles. The molecule has 5 rings (SSSR count). The van der Waals surface area contributed by atoms with Gasteiger partial charge in [-0.1, -0.05) is 29.8 Å². The summed E-state index contributed by atoms with van der Waals surface area (Å²) in [6.45, 7) is 3.96. The summed E-state index contributed by atoms with van der Waals surface area (Å²) in [5.41, 5.74) is 2.07. The number of amidine groups is 1. The van der Waals surface area contributed by atoms with Crippen molar-refractivity contribution in [3.63, 3.8) is 0 Å². The average molecular weight is 480 g/mol. The van der Waals surface area contributed by atoms with Crippen LogP contribution in [0, 0.1) is 6.92 Å². The Kier molecular flexibility index (Phi) is 5.84. The highest BCUT2D eigenvalue weighted by Crippen LogP contribution is 2.41. The van der Waals surface area contributed by atoms with Crippen molar-refractivity contribution in [3.8, 4) is 11.5 Å². The Morgan fingerprint density at radius 2 is 1.66 bits per heavy atom. The van der Waals surface area contributed by atoms with Gasteiger partial charge in [0.05, 0.1) is 11.1 Å². The summed E-state index contributed by atoms with van der Waals surface area (Å²) < 4.78 is 45.6. The average Bonchev–Trinajstić information content (AvgIpc) is 3.01. The third-order valence-electron chi connectivity index (χ3n) is 6.03. The Bertz CT molecular complexity index is 1280. The molecule has 2 aliphatic rings. The third-order valence-corrected chi connectivity index (χ3v) is 6.03. The van der Waals surface area contributed by atoms with Crippen molar-refractivity contribution < 1.29 is 22.7 Å². The quantitative estimate of drug-likeness (QED) is 0.462. The summed E-state index contributed by atoms with van der Waals surface area (Å²) >= 11 is 0. The molecule has 0 saturated carbocycles. The van der Waals surface area contributed by atoms with E-state index in [1.54, 1.807) is 17.0 Å². The van der Waals surface area contributed by atoms with E-state index in [1.165, 1.54) is 6.07 Å². The van der Waals surface area contributed by atoms with Gasteiger partial charge in [-0.3, -0.25) is 0 Å². The van der Waals surface area contributed by atoms with E-state index in [1.807, 2.05) is 48.2 Å². The van der Waals surface area contributed by atoms with Crippen LogP contribution in [-0.4, -0.2) is 47.8 Å². The Morgan fingerprint density at radius 1 is 0.943 bits per heavy atom. The van der Waals surface area contributed by atoms with Crippen LogP contribution in [0.25, 0.3) is 0 Å². The minimum atomic E-state index is -4.48. The van der Waals surface area contributed by atoms with Crippen molar-refractivity contribution in [2.75, 3.05) is 31.5 Å². The Balaban J connectivity index is 1.37. The summed E-state index contributed by atoms with van der Waals surface area (Å²) in [7, 11) is 0. The first-order valence-electron chi connectivity index (χ1n) is 11.2. The fourth-order valence-electron chi connectivity index (χ4n) is 4.10. The van der Waals surface area contributed by atoms with Gasteiger partial charge < -0.3 is 19.9 Å². The van der Waals surface area contributed by atoms with Crippen molar-refractivity contribution in [2.45, 2.75) is 13.1 Å². The number of para-hydroxylation sites is 1. The lowest BCUT2D eigenvalue weighted by atomic mass is 10.1. The molecule has 1 fully saturated rings. The lowest BCUT2D eigenvalue weighted by Crippen LogP contribution is -2.51. The van der Waals surface area contributed by atoms with Gasteiger partial charge in [-0.05, 0) is 49.4 Å². The van der Waals surface area contributed by atoms with Crippen molar-refractivity contribution in [2.24, 2.45) is 4.99 Å². The number of alkyl halides is 3. The van der Waals surface area contributed by atoms with E-state index < -0.39 is 11.7 Å². The molecule has 0 atom stereocenters. The van der Waals surface area contributed by atoms with Gasteiger partial charge in [0.1, 0.15) is 17.3 Å². The number of nitrogens with zero attached hydrogens (tertiary/aromatic N) is 3. The van der Waals surface area contributed by atoms with Crippen molar-refractivity contribution in [1.29, 1.82) is 0 Å². The number of nitrogens with one attached hydrogen (secondary N) is 1. The largest absolute Gasteiger partial charge is 0.454 e. The van der Waals surface area contributed by atoms with E-state index in [0.717, 1.165) is 23.4 Å². The van der Waals surface area contributed by atoms with Crippen molar-refractivity contribution in [1.82, 2.24) is 9.80 Å². The summed E-state index contributed by atoms with van der Waals surface area (Å²) in [5.74, 6) is 1.10. The number of halogens is 3. The van der Waals surface area contributed by atoms with Gasteiger partial charge in [-0.2, -0.15) is 13.2 Å². The number of aryl methyl sites for hydroxylation is 1. The highest BCUT2D eigenvalue weighted by atomic mass is 19.4. The van der Waals surface area contributed by atoms with Gasteiger partial charge in [-0.15, -0.1) is 0 Å². The maximum atomic E-state index is 13.2. The maximum absolute atomic E-state index is 13.2. The number of piperazine rings is 1. The van der Waals surface area contributed by atoms with Crippen LogP contribution in [0.15, 0.2) is 71.7 Å². The molecule has 6 nitrogen and oxygen atoms in total. The lowest BCUT2D eigenvalue weighted by Gasteiger charge is -2.36. The normalized spacial score (nSPS) is 15.4. The molecular weight excluding hydrogens is 457 g/mol. The van der Waals surface area contributed by atoms with Crippen LogP contribution in [0.3, 0.4) is 0 Å². The predicted octanol–water partition coefficient (Wildman–Crippen LogP) is 6.05. The van der Waals surface area contributed by atoms with Crippen LogP contribution in [0.1, 0.15) is 16.7 Å². The number of carbonyl (C=O) groups is 1. The first kappa shape index (κ1) is 22.8. The zero-order valence-corrected chi connectivity index (χ0v) is 19.0. The summed E-state index contributed by atoms with van der Waals surface area (Å²) in [6.07, 6.45) is -4.48. The number of ether oxygens (including phenoxy) is 1. The van der Waals surface area contributed by atoms with Crippen LogP contribution in [0.2, 0.25) is 0 Å². The SMILES string of the molecule is Cc1ccc(NC(=O)N2CCN(C3=Nc4ccc(C(F)(F)F)cc4Oc4ccccc43)CC2)cc1. The van der Waals surface area contributed by atoms with E-state index >= 15 is 0 Å². The van der Waals surface area contributed by atoms with Gasteiger partial charge in [0.2, 0.25) is 0 Å². The monoisotopic (exact) mass is 480 g/mol. The number of aliphatic imine (C=N–C) groups is 1. The number of hydrogen-bond donors (Lipinski definition) is 1. The summed E-state index contributed by atoms with van der Waals surface area (Å²) in [6, 6.07) is 17.9. The lowest BCUT2D eigenvalue weighted by molar-refractivity contribution is -0.137. The number of hydrogen-bond acceptors (Lipinski definition) is 4. The first-order valence-corrected chi connectivity index (χ1v) is 11.2. The Hall–Kier alpha value is -4.01. The molecule has 0 aliphatic carbocycles. The zero-order valence-electron chi connectivity index (χ0n) is 19.0. The number of benzene rings is 3. The van der Waals surface area contributed by atoms with E-state index in [-0.39, 0.29) is 11.8 Å². The molecule has 0 bridgehead atoms. The summed E-state index contributed by atoms with van der Waals surface area (Å²) in [5, 5.41) is 2.92. The number of fused-ring (bicyclic) bond motifs is 2. The number of carbonyl (C=O) groups excluding carboxylic acids is 1. The van der Waals surface area contributed by atoms with Gasteiger partial charge in [-0.25, -0.2) is 9.79 Å². The van der Waals surface area contributed by atoms with Crippen LogP contribution in [-0.2, 0) is 6.18 Å². The first-order chi connectivity index (χ1) is 16.8. The smallest absolute Gasteiger partial charge is 0.416 e. The van der Waals surface area contributed by atoms with Gasteiger partial charge in [0, 0.05) is 31.9 Å². The predicted molar refractivity (Wildman–Crippen MR) is 128 cm³/mol. The molecule has 1 N–H and O–H groups in total. The van der Waals surface area contributed by atoms with Crippen LogP contribution in [0.5, 0.6) is 11.5 Å². The van der Waals surface area contributed by atoms with E-state index in [2.05, 4.69) is 5.32 Å². The van der Waals surface area contributed by atoms with Gasteiger partial charge in [0.15, 0.2) is 5.75 Å². The second kappa shape index (κ2) is 8.98. The minimum Gasteiger partial charge on any atom is -0.454 e. The molecule has 2 heterocycles. The standard InChI is InChI=1S/C26H23F3N4O2/c1-17-6-9-19(10-7-17)30-25(34)33-14-12-32(13-15-33)24-20-4-2-3-5-22(20)35-23-16-18(26(27,28)29)8-11-21(23)31-24/h2-11,16H,12-15H2,1H3,(H,30,34). The second-order valence-electron chi connectivity index (χ2n) is 8.48. The molecule has 0 radical (unpaired) electrons. The molecule has 180 valence electrons. The minimum absolute atomic E-state index is 0.0541. The van der Waals surface area contributed by atoms with Crippen LogP contribution >= 0.6 is 0 Å². The Morgan fingerprint density at radius 3 is 2.37 bits per heavy atom. The van der Waals surface area contributed by atoms with Crippen LogP contribution in [0.4, 0.5) is 29.3 Å². The maximum Gasteiger partial charge on any atom is 0.416 e. The molecule has 2 amide bonds. The van der Waals surface area contributed by atoms with Crippen molar-refractivity contribution >= 4 is 23.2 Å². The molecular formula is C26H23F3N4O2. The topological polar surface area (TPSA) is 57.2 Å². The molecule has 35 heavy (non-hydrogen) atoms. The van der Waals surface area contributed by atoms with Crippen LogP contribution < -0.4 is 10.1 Å². The molecule has 0 unspecified atom stereocenters. The number of anilines is 1. The van der Waals surface area contributed by atoms with Crippen molar-refractivity contribution in [3.05, 3.63) is 83.4 Å². The molecule has 0 spiro atoms. The molecule has 3 aromatic carbocycles. The van der Waals surface area contributed by atoms with Gasteiger partial charge in [0.25, 0.3) is 0 Å². The second-order valence-corrected chi connectivity index (χ2v) is 8.48. The van der Waals surface area contributed by atoms with E-state index in [4.69, 9.17) is 9.73 Å². The molecule has 0 aromatic heterocycles. The fraction of sp³-hybridized carbons (Fsp3) is 0.231. The highest BCUT2D eigenvalue weighted by Gasteiger charge is 2.33. The fourth-order valence-corrected chi connectivity index (χ4v) is 4.10. The van der Waals surface area contributed by atoms with Gasteiger partial charge >= 0.3 is 12.2 Å². The zero-order chi connectivity index (χ0) is 24.6. The summed E-state index contributed by atoms with van der Waals surface area (Å²) in [4.78, 5) is 21.2. The number of amides is 2. The number of urea groups is 1. The molecule has 3 aromatic rings.